The average molecular weight is 268 g/mol. The highest BCUT2D eigenvalue weighted by atomic mass is 19.1. The molecule has 0 bridgehead atoms. The summed E-state index contributed by atoms with van der Waals surface area (Å²) >= 11 is 0. The van der Waals surface area contributed by atoms with Crippen LogP contribution in [0.1, 0.15) is 41.6 Å². The Morgan fingerprint density at radius 3 is 2.68 bits per heavy atom. The van der Waals surface area contributed by atoms with Gasteiger partial charge in [-0.05, 0) is 31.4 Å². The van der Waals surface area contributed by atoms with Gasteiger partial charge >= 0.3 is 0 Å². The first kappa shape index (κ1) is 13.9. The van der Waals surface area contributed by atoms with Crippen LogP contribution in [0.3, 0.4) is 0 Å². The van der Waals surface area contributed by atoms with Crippen molar-refractivity contribution in [2.75, 3.05) is 0 Å². The molecule has 1 aromatic rings. The van der Waals surface area contributed by atoms with Crippen LogP contribution in [0.15, 0.2) is 12.1 Å². The highest BCUT2D eigenvalue weighted by Gasteiger charge is 2.26. The van der Waals surface area contributed by atoms with Gasteiger partial charge in [-0.1, -0.05) is 18.9 Å². The van der Waals surface area contributed by atoms with Gasteiger partial charge in [-0.3, -0.25) is 4.79 Å². The maximum absolute atomic E-state index is 13.8. The maximum atomic E-state index is 13.8. The summed E-state index contributed by atoms with van der Waals surface area (Å²) in [6.45, 7) is 1.50. The molecule has 1 aliphatic rings. The number of hydrogen-bond donors (Lipinski definition) is 2. The largest absolute Gasteiger partial charge is 0.348 e. The quantitative estimate of drug-likeness (QED) is 0.864. The zero-order chi connectivity index (χ0) is 14.0. The van der Waals surface area contributed by atoms with E-state index in [9.17, 15) is 13.6 Å². The molecule has 1 aliphatic carbocycles. The third-order valence-electron chi connectivity index (χ3n) is 3.65. The van der Waals surface area contributed by atoms with Gasteiger partial charge < -0.3 is 11.1 Å². The van der Waals surface area contributed by atoms with Crippen LogP contribution < -0.4 is 11.1 Å². The lowest BCUT2D eigenvalue weighted by atomic mass is 9.91. The number of nitrogens with two attached hydrogens (primary N) is 1. The van der Waals surface area contributed by atoms with E-state index in [0.29, 0.717) is 0 Å². The molecule has 19 heavy (non-hydrogen) atoms. The molecule has 0 aliphatic heterocycles. The second kappa shape index (κ2) is 5.65. The Bertz CT molecular complexity index is 491. The number of carbonyl (C=O) groups is 1. The average Bonchev–Trinajstić information content (AvgIpc) is 2.37. The van der Waals surface area contributed by atoms with Gasteiger partial charge in [-0.15, -0.1) is 0 Å². The van der Waals surface area contributed by atoms with Crippen molar-refractivity contribution >= 4 is 5.91 Å². The fourth-order valence-corrected chi connectivity index (χ4v) is 2.44. The Balaban J connectivity index is 2.18. The highest BCUT2D eigenvalue weighted by Crippen LogP contribution is 2.20. The minimum atomic E-state index is -0.843. The van der Waals surface area contributed by atoms with Crippen molar-refractivity contribution in [3.8, 4) is 0 Å². The molecule has 1 saturated carbocycles. The van der Waals surface area contributed by atoms with Crippen molar-refractivity contribution in [3.63, 3.8) is 0 Å². The van der Waals surface area contributed by atoms with E-state index >= 15 is 0 Å². The molecule has 5 heteroatoms. The third-order valence-corrected chi connectivity index (χ3v) is 3.65. The molecule has 3 nitrogen and oxygen atoms in total. The number of hydrogen-bond acceptors (Lipinski definition) is 2. The fraction of sp³-hybridized carbons (Fsp3) is 0.500. The Kier molecular flexibility index (Phi) is 4.14. The lowest BCUT2D eigenvalue weighted by Gasteiger charge is -2.29. The van der Waals surface area contributed by atoms with Crippen molar-refractivity contribution in [1.82, 2.24) is 5.32 Å². The Labute approximate surface area is 111 Å². The molecule has 0 heterocycles. The first-order valence-electron chi connectivity index (χ1n) is 6.51. The van der Waals surface area contributed by atoms with Gasteiger partial charge in [-0.2, -0.15) is 0 Å². The molecule has 2 atom stereocenters. The van der Waals surface area contributed by atoms with Crippen molar-refractivity contribution in [2.45, 2.75) is 44.7 Å². The Morgan fingerprint density at radius 2 is 2.00 bits per heavy atom. The number of nitrogens with one attached hydrogen (secondary N) is 1. The minimum Gasteiger partial charge on any atom is -0.348 e. The summed E-state index contributed by atoms with van der Waals surface area (Å²) in [5.74, 6) is -2.37. The molecule has 0 radical (unpaired) electrons. The molecule has 2 unspecified atom stereocenters. The molecular formula is C14H18F2N2O. The first-order chi connectivity index (χ1) is 9.00. The van der Waals surface area contributed by atoms with Crippen LogP contribution in [0.2, 0.25) is 0 Å². The molecule has 104 valence electrons. The Morgan fingerprint density at radius 1 is 1.32 bits per heavy atom. The summed E-state index contributed by atoms with van der Waals surface area (Å²) in [6, 6.07) is 2.07. The monoisotopic (exact) mass is 268 g/mol. The minimum absolute atomic E-state index is 0.145. The SMILES string of the molecule is Cc1ccc(F)c(C(=O)NC2CCCCC2N)c1F. The van der Waals surface area contributed by atoms with Gasteiger partial charge in [0.2, 0.25) is 0 Å². The van der Waals surface area contributed by atoms with Crippen molar-refractivity contribution in [3.05, 3.63) is 34.9 Å². The maximum Gasteiger partial charge on any atom is 0.257 e. The molecule has 0 spiro atoms. The summed E-state index contributed by atoms with van der Waals surface area (Å²) < 4.78 is 27.4. The molecule has 0 aromatic heterocycles. The molecule has 0 saturated heterocycles. The van der Waals surface area contributed by atoms with E-state index < -0.39 is 23.1 Å². The molecule has 2 rings (SSSR count). The van der Waals surface area contributed by atoms with Crippen LogP contribution >= 0.6 is 0 Å². The second-order valence-electron chi connectivity index (χ2n) is 5.08. The Hall–Kier alpha value is -1.49. The summed E-state index contributed by atoms with van der Waals surface area (Å²) in [7, 11) is 0. The summed E-state index contributed by atoms with van der Waals surface area (Å²) in [6.07, 6.45) is 3.57. The summed E-state index contributed by atoms with van der Waals surface area (Å²) in [4.78, 5) is 12.0. The fourth-order valence-electron chi connectivity index (χ4n) is 2.44. The number of aryl methyl sites for hydroxylation is 1. The molecule has 1 amide bonds. The van der Waals surface area contributed by atoms with E-state index in [0.717, 1.165) is 31.7 Å². The van der Waals surface area contributed by atoms with Gasteiger partial charge in [-0.25, -0.2) is 8.78 Å². The van der Waals surface area contributed by atoms with E-state index in [4.69, 9.17) is 5.73 Å². The number of halogens is 2. The van der Waals surface area contributed by atoms with Crippen LogP contribution in [0, 0.1) is 18.6 Å². The smallest absolute Gasteiger partial charge is 0.257 e. The van der Waals surface area contributed by atoms with E-state index in [-0.39, 0.29) is 17.6 Å². The standard InChI is InChI=1S/C14H18F2N2O/c1-8-6-7-9(15)12(13(8)16)14(19)18-11-5-3-2-4-10(11)17/h6-7,10-11H,2-5,17H2,1H3,(H,18,19). The molecule has 1 aromatic carbocycles. The number of rotatable bonds is 2. The van der Waals surface area contributed by atoms with Crippen LogP contribution in [0.5, 0.6) is 0 Å². The number of amides is 1. The van der Waals surface area contributed by atoms with Crippen LogP contribution in [0.25, 0.3) is 0 Å². The third kappa shape index (κ3) is 2.92. The first-order valence-corrected chi connectivity index (χ1v) is 6.51. The zero-order valence-electron chi connectivity index (χ0n) is 10.9. The van der Waals surface area contributed by atoms with Gasteiger partial charge in [0.25, 0.3) is 5.91 Å². The van der Waals surface area contributed by atoms with Gasteiger partial charge in [0.1, 0.15) is 17.2 Å². The van der Waals surface area contributed by atoms with E-state index in [1.54, 1.807) is 0 Å². The number of carbonyl (C=O) groups excluding carboxylic acids is 1. The molecule has 1 fully saturated rings. The molecule has 3 N–H and O–H groups in total. The lowest BCUT2D eigenvalue weighted by molar-refractivity contribution is 0.0912. The second-order valence-corrected chi connectivity index (χ2v) is 5.08. The van der Waals surface area contributed by atoms with Crippen molar-refractivity contribution < 1.29 is 13.6 Å². The zero-order valence-corrected chi connectivity index (χ0v) is 10.9. The van der Waals surface area contributed by atoms with Gasteiger partial charge in [0.05, 0.1) is 0 Å². The van der Waals surface area contributed by atoms with Crippen molar-refractivity contribution in [2.24, 2.45) is 5.73 Å². The van der Waals surface area contributed by atoms with Gasteiger partial charge in [0, 0.05) is 12.1 Å². The van der Waals surface area contributed by atoms with Gasteiger partial charge in [0.15, 0.2) is 0 Å². The van der Waals surface area contributed by atoms with E-state index in [2.05, 4.69) is 5.32 Å². The van der Waals surface area contributed by atoms with E-state index in [1.165, 1.54) is 13.0 Å². The van der Waals surface area contributed by atoms with Crippen molar-refractivity contribution in [1.29, 1.82) is 0 Å². The van der Waals surface area contributed by atoms with Crippen LogP contribution in [0.4, 0.5) is 8.78 Å². The van der Waals surface area contributed by atoms with Crippen LogP contribution in [-0.2, 0) is 0 Å². The normalized spacial score (nSPS) is 23.2. The number of benzene rings is 1. The predicted octanol–water partition coefficient (Wildman–Crippen LogP) is 2.27. The molecular weight excluding hydrogens is 250 g/mol. The highest BCUT2D eigenvalue weighted by molar-refractivity contribution is 5.95. The summed E-state index contributed by atoms with van der Waals surface area (Å²) in [5, 5.41) is 2.65. The summed E-state index contributed by atoms with van der Waals surface area (Å²) in [5.41, 5.74) is 5.64. The van der Waals surface area contributed by atoms with Crippen LogP contribution in [-0.4, -0.2) is 18.0 Å². The topological polar surface area (TPSA) is 55.1 Å². The van der Waals surface area contributed by atoms with E-state index in [1.807, 2.05) is 0 Å². The lowest BCUT2D eigenvalue weighted by Crippen LogP contribution is -2.49. The predicted molar refractivity (Wildman–Crippen MR) is 68.8 cm³/mol.